The summed E-state index contributed by atoms with van der Waals surface area (Å²) in [6.45, 7) is 11.7. The standard InChI is InChI=1S/C15H26N2O/c1-6-16-13(5)14-7-8-17-15(10-14)18-12(4)9-11(2)3/h7-8,10-13,16H,6,9H2,1-5H3. The van der Waals surface area contributed by atoms with Gasteiger partial charge in [-0.3, -0.25) is 0 Å². The molecule has 0 bridgehead atoms. The lowest BCUT2D eigenvalue weighted by Gasteiger charge is -2.17. The van der Waals surface area contributed by atoms with E-state index < -0.39 is 0 Å². The molecule has 0 aliphatic rings. The Morgan fingerprint density at radius 3 is 2.61 bits per heavy atom. The van der Waals surface area contributed by atoms with Crippen LogP contribution in [-0.4, -0.2) is 17.6 Å². The van der Waals surface area contributed by atoms with Crippen LogP contribution >= 0.6 is 0 Å². The van der Waals surface area contributed by atoms with Gasteiger partial charge in [-0.15, -0.1) is 0 Å². The van der Waals surface area contributed by atoms with Crippen molar-refractivity contribution in [3.8, 4) is 5.88 Å². The van der Waals surface area contributed by atoms with Crippen LogP contribution < -0.4 is 10.1 Å². The minimum absolute atomic E-state index is 0.210. The lowest BCUT2D eigenvalue weighted by molar-refractivity contribution is 0.185. The zero-order valence-corrected chi connectivity index (χ0v) is 12.2. The Kier molecular flexibility index (Phi) is 6.13. The Balaban J connectivity index is 2.64. The summed E-state index contributed by atoms with van der Waals surface area (Å²) in [7, 11) is 0. The maximum absolute atomic E-state index is 5.86. The van der Waals surface area contributed by atoms with E-state index in [1.165, 1.54) is 5.56 Å². The van der Waals surface area contributed by atoms with Crippen molar-refractivity contribution in [2.24, 2.45) is 5.92 Å². The van der Waals surface area contributed by atoms with Crippen LogP contribution in [0.25, 0.3) is 0 Å². The van der Waals surface area contributed by atoms with E-state index >= 15 is 0 Å². The van der Waals surface area contributed by atoms with E-state index in [9.17, 15) is 0 Å². The van der Waals surface area contributed by atoms with Gasteiger partial charge < -0.3 is 10.1 Å². The molecule has 1 heterocycles. The second-order valence-corrected chi connectivity index (χ2v) is 5.26. The summed E-state index contributed by atoms with van der Waals surface area (Å²) < 4.78 is 5.86. The molecule has 0 saturated carbocycles. The van der Waals surface area contributed by atoms with Crippen molar-refractivity contribution in [3.63, 3.8) is 0 Å². The van der Waals surface area contributed by atoms with Gasteiger partial charge in [0, 0.05) is 18.3 Å². The summed E-state index contributed by atoms with van der Waals surface area (Å²) in [5.41, 5.74) is 1.22. The molecule has 0 spiro atoms. The molecule has 1 N–H and O–H groups in total. The first kappa shape index (κ1) is 15.0. The minimum atomic E-state index is 0.210. The first-order chi connectivity index (χ1) is 8.52. The van der Waals surface area contributed by atoms with Crippen molar-refractivity contribution in [1.29, 1.82) is 0 Å². The van der Waals surface area contributed by atoms with Gasteiger partial charge in [-0.25, -0.2) is 4.98 Å². The lowest BCUT2D eigenvalue weighted by Crippen LogP contribution is -2.18. The number of hydrogen-bond acceptors (Lipinski definition) is 3. The van der Waals surface area contributed by atoms with Gasteiger partial charge in [-0.1, -0.05) is 20.8 Å². The fourth-order valence-electron chi connectivity index (χ4n) is 2.10. The van der Waals surface area contributed by atoms with Crippen molar-refractivity contribution in [1.82, 2.24) is 10.3 Å². The van der Waals surface area contributed by atoms with Gasteiger partial charge in [0.2, 0.25) is 5.88 Å². The summed E-state index contributed by atoms with van der Waals surface area (Å²) in [5.74, 6) is 1.37. The first-order valence-electron chi connectivity index (χ1n) is 6.88. The number of nitrogens with zero attached hydrogens (tertiary/aromatic N) is 1. The van der Waals surface area contributed by atoms with E-state index in [1.807, 2.05) is 18.3 Å². The van der Waals surface area contributed by atoms with Crippen molar-refractivity contribution in [2.45, 2.75) is 53.2 Å². The van der Waals surface area contributed by atoms with E-state index in [-0.39, 0.29) is 6.10 Å². The van der Waals surface area contributed by atoms with E-state index in [4.69, 9.17) is 4.74 Å². The van der Waals surface area contributed by atoms with Crippen LogP contribution in [0.4, 0.5) is 0 Å². The molecule has 102 valence electrons. The van der Waals surface area contributed by atoms with Crippen molar-refractivity contribution < 1.29 is 4.74 Å². The zero-order chi connectivity index (χ0) is 13.5. The highest BCUT2D eigenvalue weighted by atomic mass is 16.5. The van der Waals surface area contributed by atoms with E-state index in [0.29, 0.717) is 12.0 Å². The van der Waals surface area contributed by atoms with Crippen molar-refractivity contribution >= 4 is 0 Å². The Labute approximate surface area is 111 Å². The van der Waals surface area contributed by atoms with Crippen LogP contribution in [0.1, 0.15) is 52.6 Å². The van der Waals surface area contributed by atoms with E-state index in [0.717, 1.165) is 18.8 Å². The number of rotatable bonds is 7. The molecule has 0 saturated heterocycles. The maximum Gasteiger partial charge on any atom is 0.213 e. The third-order valence-corrected chi connectivity index (χ3v) is 2.89. The third kappa shape index (κ3) is 5.05. The molecule has 18 heavy (non-hydrogen) atoms. The average molecular weight is 250 g/mol. The largest absolute Gasteiger partial charge is 0.475 e. The van der Waals surface area contributed by atoms with Crippen LogP contribution in [0, 0.1) is 5.92 Å². The molecule has 2 unspecified atom stereocenters. The van der Waals surface area contributed by atoms with Gasteiger partial charge in [-0.2, -0.15) is 0 Å². The monoisotopic (exact) mass is 250 g/mol. The highest BCUT2D eigenvalue weighted by Gasteiger charge is 2.10. The summed E-state index contributed by atoms with van der Waals surface area (Å²) in [5, 5.41) is 3.39. The Bertz CT molecular complexity index is 352. The molecule has 0 aliphatic carbocycles. The number of pyridine rings is 1. The quantitative estimate of drug-likeness (QED) is 0.803. The topological polar surface area (TPSA) is 34.2 Å². The predicted octanol–water partition coefficient (Wildman–Crippen LogP) is 3.57. The SMILES string of the molecule is CCNC(C)c1ccnc(OC(C)CC(C)C)c1. The molecule has 3 nitrogen and oxygen atoms in total. The Morgan fingerprint density at radius 2 is 2.00 bits per heavy atom. The first-order valence-corrected chi connectivity index (χ1v) is 6.88. The molecule has 0 amide bonds. The van der Waals surface area contributed by atoms with Crippen molar-refractivity contribution in [2.75, 3.05) is 6.54 Å². The highest BCUT2D eigenvalue weighted by molar-refractivity contribution is 5.23. The van der Waals surface area contributed by atoms with Gasteiger partial charge >= 0.3 is 0 Å². The molecule has 0 aliphatic heterocycles. The number of hydrogen-bond donors (Lipinski definition) is 1. The maximum atomic E-state index is 5.86. The second-order valence-electron chi connectivity index (χ2n) is 5.26. The van der Waals surface area contributed by atoms with Crippen LogP contribution in [0.2, 0.25) is 0 Å². The summed E-state index contributed by atoms with van der Waals surface area (Å²) in [6.07, 6.45) is 3.08. The lowest BCUT2D eigenvalue weighted by atomic mass is 10.1. The molecule has 0 radical (unpaired) electrons. The fourth-order valence-corrected chi connectivity index (χ4v) is 2.10. The van der Waals surface area contributed by atoms with Crippen LogP contribution in [0.3, 0.4) is 0 Å². The predicted molar refractivity (Wildman–Crippen MR) is 75.9 cm³/mol. The molecule has 1 aromatic rings. The van der Waals surface area contributed by atoms with E-state index in [1.54, 1.807) is 0 Å². The van der Waals surface area contributed by atoms with Crippen LogP contribution in [0.5, 0.6) is 5.88 Å². The van der Waals surface area contributed by atoms with Crippen molar-refractivity contribution in [3.05, 3.63) is 23.9 Å². The molecule has 0 aromatic carbocycles. The normalized spacial score (nSPS) is 14.6. The molecule has 1 rings (SSSR count). The molecule has 2 atom stereocenters. The van der Waals surface area contributed by atoms with Gasteiger partial charge in [0.15, 0.2) is 0 Å². The van der Waals surface area contributed by atoms with E-state index in [2.05, 4.69) is 44.9 Å². The number of nitrogens with one attached hydrogen (secondary N) is 1. The Morgan fingerprint density at radius 1 is 1.28 bits per heavy atom. The minimum Gasteiger partial charge on any atom is -0.475 e. The summed E-state index contributed by atoms with van der Waals surface area (Å²) in [6, 6.07) is 4.40. The van der Waals surface area contributed by atoms with Gasteiger partial charge in [-0.05, 0) is 44.4 Å². The zero-order valence-electron chi connectivity index (χ0n) is 12.2. The van der Waals surface area contributed by atoms with Crippen LogP contribution in [0.15, 0.2) is 18.3 Å². The summed E-state index contributed by atoms with van der Waals surface area (Å²) >= 11 is 0. The highest BCUT2D eigenvalue weighted by Crippen LogP contribution is 2.18. The number of ether oxygens (including phenoxy) is 1. The van der Waals surface area contributed by atoms with Gasteiger partial charge in [0.25, 0.3) is 0 Å². The van der Waals surface area contributed by atoms with Gasteiger partial charge in [0.05, 0.1) is 6.10 Å². The molecular formula is C15H26N2O. The molecule has 1 aromatic heterocycles. The molecular weight excluding hydrogens is 224 g/mol. The number of aromatic nitrogens is 1. The molecule has 3 heteroatoms. The fraction of sp³-hybridized carbons (Fsp3) is 0.667. The smallest absolute Gasteiger partial charge is 0.213 e. The molecule has 0 fully saturated rings. The van der Waals surface area contributed by atoms with Crippen LogP contribution in [-0.2, 0) is 0 Å². The second kappa shape index (κ2) is 7.37. The third-order valence-electron chi connectivity index (χ3n) is 2.89. The summed E-state index contributed by atoms with van der Waals surface area (Å²) in [4.78, 5) is 4.28. The Hall–Kier alpha value is -1.09. The average Bonchev–Trinajstić information content (AvgIpc) is 2.28. The van der Waals surface area contributed by atoms with Gasteiger partial charge in [0.1, 0.15) is 0 Å².